The van der Waals surface area contributed by atoms with Crippen molar-refractivity contribution in [2.45, 2.75) is 38.2 Å². The van der Waals surface area contributed by atoms with Gasteiger partial charge in [0.25, 0.3) is 0 Å². The van der Waals surface area contributed by atoms with Gasteiger partial charge in [-0.1, -0.05) is 19.3 Å². The lowest BCUT2D eigenvalue weighted by Gasteiger charge is -2.21. The van der Waals surface area contributed by atoms with Gasteiger partial charge in [-0.25, -0.2) is 0 Å². The normalized spacial score (nSPS) is 18.6. The quantitative estimate of drug-likeness (QED) is 0.634. The van der Waals surface area contributed by atoms with Crippen molar-refractivity contribution in [3.63, 3.8) is 0 Å². The molecule has 0 amide bonds. The van der Waals surface area contributed by atoms with Gasteiger partial charge in [0, 0.05) is 20.2 Å². The average molecular weight is 201 g/mol. The van der Waals surface area contributed by atoms with Crippen LogP contribution in [0.4, 0.5) is 0 Å². The van der Waals surface area contributed by atoms with Crippen LogP contribution < -0.4 is 5.32 Å². The molecule has 1 rings (SSSR count). The van der Waals surface area contributed by atoms with Crippen LogP contribution in [0.15, 0.2) is 0 Å². The van der Waals surface area contributed by atoms with E-state index in [1.807, 2.05) is 0 Å². The van der Waals surface area contributed by atoms with Crippen molar-refractivity contribution in [3.05, 3.63) is 0 Å². The highest BCUT2D eigenvalue weighted by molar-refractivity contribution is 4.65. The van der Waals surface area contributed by atoms with E-state index < -0.39 is 0 Å². The van der Waals surface area contributed by atoms with Gasteiger partial charge in [0.1, 0.15) is 0 Å². The van der Waals surface area contributed by atoms with Gasteiger partial charge in [0.15, 0.2) is 0 Å². The second-order valence-corrected chi connectivity index (χ2v) is 3.87. The lowest BCUT2D eigenvalue weighted by atomic mass is 9.98. The minimum Gasteiger partial charge on any atom is -0.383 e. The van der Waals surface area contributed by atoms with Gasteiger partial charge in [-0.3, -0.25) is 0 Å². The lowest BCUT2D eigenvalue weighted by molar-refractivity contribution is 0.0298. The Hall–Kier alpha value is -0.120. The summed E-state index contributed by atoms with van der Waals surface area (Å²) in [6.45, 7) is 3.49. The summed E-state index contributed by atoms with van der Waals surface area (Å²) in [6, 6.07) is 0. The smallest absolute Gasteiger partial charge is 0.0594 e. The molecule has 1 aliphatic rings. The third-order valence-corrected chi connectivity index (χ3v) is 2.67. The highest BCUT2D eigenvalue weighted by atomic mass is 16.5. The summed E-state index contributed by atoms with van der Waals surface area (Å²) in [5.41, 5.74) is 0. The highest BCUT2D eigenvalue weighted by Crippen LogP contribution is 2.19. The van der Waals surface area contributed by atoms with Crippen LogP contribution in [-0.2, 0) is 9.47 Å². The summed E-state index contributed by atoms with van der Waals surface area (Å²) in [5, 5.41) is 3.28. The number of ether oxygens (including phenoxy) is 2. The van der Waals surface area contributed by atoms with E-state index >= 15 is 0 Å². The Kier molecular flexibility index (Phi) is 7.01. The van der Waals surface area contributed by atoms with Crippen molar-refractivity contribution < 1.29 is 9.47 Å². The van der Waals surface area contributed by atoms with Gasteiger partial charge < -0.3 is 14.8 Å². The molecule has 14 heavy (non-hydrogen) atoms. The third-order valence-electron chi connectivity index (χ3n) is 2.67. The summed E-state index contributed by atoms with van der Waals surface area (Å²) >= 11 is 0. The molecule has 3 heteroatoms. The standard InChI is InChI=1S/C11H23NO2/c1-13-9-7-12-8-10-14-11-5-3-2-4-6-11/h11-12H,2-10H2,1H3. The predicted octanol–water partition coefficient (Wildman–Crippen LogP) is 1.57. The molecule has 0 bridgehead atoms. The minimum absolute atomic E-state index is 0.535. The Morgan fingerprint density at radius 3 is 2.50 bits per heavy atom. The van der Waals surface area contributed by atoms with Gasteiger partial charge >= 0.3 is 0 Å². The van der Waals surface area contributed by atoms with Crippen LogP contribution in [0.1, 0.15) is 32.1 Å². The van der Waals surface area contributed by atoms with E-state index in [1.54, 1.807) is 7.11 Å². The Morgan fingerprint density at radius 2 is 1.79 bits per heavy atom. The molecule has 0 aromatic carbocycles. The molecule has 0 atom stereocenters. The Bertz CT molecular complexity index is 124. The maximum absolute atomic E-state index is 5.76. The van der Waals surface area contributed by atoms with Crippen LogP contribution in [0, 0.1) is 0 Å². The molecule has 0 aromatic heterocycles. The molecule has 0 heterocycles. The zero-order valence-electron chi connectivity index (χ0n) is 9.26. The second kappa shape index (κ2) is 8.21. The SMILES string of the molecule is COCCNCCOC1CCCCC1. The molecule has 0 spiro atoms. The van der Waals surface area contributed by atoms with Crippen molar-refractivity contribution in [1.82, 2.24) is 5.32 Å². The van der Waals surface area contributed by atoms with Crippen molar-refractivity contribution in [2.24, 2.45) is 0 Å². The summed E-state index contributed by atoms with van der Waals surface area (Å²) in [6.07, 6.45) is 7.15. The molecule has 0 aromatic rings. The molecule has 0 saturated heterocycles. The molecule has 1 N–H and O–H groups in total. The van der Waals surface area contributed by atoms with Gasteiger partial charge in [0.2, 0.25) is 0 Å². The Balaban J connectivity index is 1.82. The zero-order valence-corrected chi connectivity index (χ0v) is 9.26. The molecule has 0 radical (unpaired) electrons. The van der Waals surface area contributed by atoms with Gasteiger partial charge in [0.05, 0.1) is 19.3 Å². The Labute approximate surface area is 87.2 Å². The van der Waals surface area contributed by atoms with E-state index in [1.165, 1.54) is 32.1 Å². The lowest BCUT2D eigenvalue weighted by Crippen LogP contribution is -2.26. The maximum atomic E-state index is 5.76. The topological polar surface area (TPSA) is 30.5 Å². The first-order valence-corrected chi connectivity index (χ1v) is 5.74. The fourth-order valence-electron chi connectivity index (χ4n) is 1.83. The molecular formula is C11H23NO2. The third kappa shape index (κ3) is 5.58. The fourth-order valence-corrected chi connectivity index (χ4v) is 1.83. The first-order valence-electron chi connectivity index (χ1n) is 5.74. The molecule has 1 fully saturated rings. The largest absolute Gasteiger partial charge is 0.383 e. The first kappa shape index (κ1) is 12.0. The summed E-state index contributed by atoms with van der Waals surface area (Å²) in [5.74, 6) is 0. The van der Waals surface area contributed by atoms with E-state index in [2.05, 4.69) is 5.32 Å². The maximum Gasteiger partial charge on any atom is 0.0594 e. The van der Waals surface area contributed by atoms with E-state index in [0.717, 1.165) is 26.3 Å². The van der Waals surface area contributed by atoms with E-state index in [0.29, 0.717) is 6.10 Å². The van der Waals surface area contributed by atoms with Crippen molar-refractivity contribution >= 4 is 0 Å². The van der Waals surface area contributed by atoms with Crippen LogP contribution in [0.5, 0.6) is 0 Å². The molecular weight excluding hydrogens is 178 g/mol. The van der Waals surface area contributed by atoms with Gasteiger partial charge in [-0.2, -0.15) is 0 Å². The molecule has 1 saturated carbocycles. The number of nitrogens with one attached hydrogen (secondary N) is 1. The van der Waals surface area contributed by atoms with Crippen LogP contribution in [0.3, 0.4) is 0 Å². The van der Waals surface area contributed by atoms with E-state index in [4.69, 9.17) is 9.47 Å². The van der Waals surface area contributed by atoms with Gasteiger partial charge in [-0.15, -0.1) is 0 Å². The summed E-state index contributed by atoms with van der Waals surface area (Å²) in [4.78, 5) is 0. The van der Waals surface area contributed by atoms with Crippen molar-refractivity contribution in [1.29, 1.82) is 0 Å². The van der Waals surface area contributed by atoms with Crippen LogP contribution >= 0.6 is 0 Å². The molecule has 0 aliphatic heterocycles. The van der Waals surface area contributed by atoms with Gasteiger partial charge in [-0.05, 0) is 12.8 Å². The number of hydrogen-bond acceptors (Lipinski definition) is 3. The molecule has 84 valence electrons. The number of hydrogen-bond donors (Lipinski definition) is 1. The van der Waals surface area contributed by atoms with Crippen LogP contribution in [0.25, 0.3) is 0 Å². The van der Waals surface area contributed by atoms with E-state index in [9.17, 15) is 0 Å². The monoisotopic (exact) mass is 201 g/mol. The first-order chi connectivity index (χ1) is 6.93. The van der Waals surface area contributed by atoms with Crippen molar-refractivity contribution in [3.8, 4) is 0 Å². The predicted molar refractivity (Wildman–Crippen MR) is 57.6 cm³/mol. The second-order valence-electron chi connectivity index (χ2n) is 3.87. The summed E-state index contributed by atoms with van der Waals surface area (Å²) in [7, 11) is 1.72. The average Bonchev–Trinajstić information content (AvgIpc) is 2.25. The fraction of sp³-hybridized carbons (Fsp3) is 1.00. The number of methoxy groups -OCH3 is 1. The van der Waals surface area contributed by atoms with Crippen LogP contribution in [-0.4, -0.2) is 39.5 Å². The zero-order chi connectivity index (χ0) is 10.1. The van der Waals surface area contributed by atoms with E-state index in [-0.39, 0.29) is 0 Å². The van der Waals surface area contributed by atoms with Crippen LogP contribution in [0.2, 0.25) is 0 Å². The highest BCUT2D eigenvalue weighted by Gasteiger charge is 2.12. The molecule has 1 aliphatic carbocycles. The Morgan fingerprint density at radius 1 is 1.07 bits per heavy atom. The summed E-state index contributed by atoms with van der Waals surface area (Å²) < 4.78 is 10.7. The minimum atomic E-state index is 0.535. The number of rotatable bonds is 7. The molecule has 3 nitrogen and oxygen atoms in total. The molecule has 0 unspecified atom stereocenters. The van der Waals surface area contributed by atoms with Crippen molar-refractivity contribution in [2.75, 3.05) is 33.4 Å².